The molecule has 2 nitrogen and oxygen atoms in total. The van der Waals surface area contributed by atoms with Crippen molar-refractivity contribution < 1.29 is 17.6 Å². The molecule has 0 fully saturated rings. The van der Waals surface area contributed by atoms with E-state index in [9.17, 15) is 17.6 Å². The van der Waals surface area contributed by atoms with Gasteiger partial charge in [0.1, 0.15) is 17.5 Å². The zero-order valence-electron chi connectivity index (χ0n) is 10.7. The first-order valence-corrected chi connectivity index (χ1v) is 5.92. The van der Waals surface area contributed by atoms with Gasteiger partial charge in [0.2, 0.25) is 0 Å². The van der Waals surface area contributed by atoms with Crippen LogP contribution in [0.5, 0.6) is 0 Å². The predicted octanol–water partition coefficient (Wildman–Crippen LogP) is 4.57. The van der Waals surface area contributed by atoms with Gasteiger partial charge < -0.3 is 5.32 Å². The van der Waals surface area contributed by atoms with Crippen LogP contribution in [0.15, 0.2) is 53.7 Å². The van der Waals surface area contributed by atoms with Gasteiger partial charge in [-0.15, -0.1) is 0 Å². The number of nitrogens with zero attached hydrogens (tertiary/aromatic N) is 1. The van der Waals surface area contributed by atoms with E-state index >= 15 is 0 Å². The minimum atomic E-state index is -0.780. The molecular formula is C15H10F4N2. The van der Waals surface area contributed by atoms with E-state index in [1.54, 1.807) is 0 Å². The Balaban J connectivity index is 1.97. The van der Waals surface area contributed by atoms with E-state index in [1.807, 2.05) is 0 Å². The summed E-state index contributed by atoms with van der Waals surface area (Å²) >= 11 is 0. The number of allylic oxidation sites excluding steroid dienone is 1. The van der Waals surface area contributed by atoms with Crippen LogP contribution in [0.3, 0.4) is 0 Å². The van der Waals surface area contributed by atoms with Gasteiger partial charge in [0, 0.05) is 24.5 Å². The highest BCUT2D eigenvalue weighted by Gasteiger charge is 2.01. The number of benzene rings is 2. The number of rotatable bonds is 4. The van der Waals surface area contributed by atoms with Crippen molar-refractivity contribution in [2.24, 2.45) is 4.99 Å². The lowest BCUT2D eigenvalue weighted by Crippen LogP contribution is -1.92. The molecular weight excluding hydrogens is 284 g/mol. The fourth-order valence-corrected chi connectivity index (χ4v) is 1.50. The maximum Gasteiger partial charge on any atom is 0.151 e. The van der Waals surface area contributed by atoms with Crippen LogP contribution in [0.25, 0.3) is 0 Å². The van der Waals surface area contributed by atoms with Crippen LogP contribution in [0.1, 0.15) is 0 Å². The van der Waals surface area contributed by atoms with Crippen LogP contribution in [-0.2, 0) is 0 Å². The van der Waals surface area contributed by atoms with Gasteiger partial charge in [0.05, 0.1) is 11.4 Å². The highest BCUT2D eigenvalue weighted by Crippen LogP contribution is 2.17. The van der Waals surface area contributed by atoms with Crippen LogP contribution in [0, 0.1) is 23.3 Å². The average molecular weight is 294 g/mol. The molecule has 108 valence electrons. The van der Waals surface area contributed by atoms with Gasteiger partial charge >= 0.3 is 0 Å². The van der Waals surface area contributed by atoms with Crippen LogP contribution >= 0.6 is 0 Å². The van der Waals surface area contributed by atoms with Crippen molar-refractivity contribution in [1.29, 1.82) is 0 Å². The number of halogens is 4. The highest BCUT2D eigenvalue weighted by molar-refractivity contribution is 5.75. The Morgan fingerprint density at radius 2 is 1.52 bits per heavy atom. The topological polar surface area (TPSA) is 24.4 Å². The van der Waals surface area contributed by atoms with Crippen molar-refractivity contribution in [2.75, 3.05) is 5.32 Å². The maximum absolute atomic E-state index is 13.3. The Morgan fingerprint density at radius 3 is 2.19 bits per heavy atom. The quantitative estimate of drug-likeness (QED) is 0.648. The molecule has 0 radical (unpaired) electrons. The first-order valence-electron chi connectivity index (χ1n) is 5.92. The molecule has 2 aromatic carbocycles. The number of aliphatic imine (C=N–C) groups is 1. The molecule has 0 heterocycles. The van der Waals surface area contributed by atoms with Gasteiger partial charge in [0.25, 0.3) is 0 Å². The van der Waals surface area contributed by atoms with Crippen molar-refractivity contribution in [1.82, 2.24) is 0 Å². The lowest BCUT2D eigenvalue weighted by atomic mass is 10.3. The molecule has 0 saturated heterocycles. The molecule has 0 saturated carbocycles. The lowest BCUT2D eigenvalue weighted by molar-refractivity contribution is 0.584. The van der Waals surface area contributed by atoms with Gasteiger partial charge in [-0.2, -0.15) is 0 Å². The molecule has 0 unspecified atom stereocenters. The summed E-state index contributed by atoms with van der Waals surface area (Å²) in [7, 11) is 0. The summed E-state index contributed by atoms with van der Waals surface area (Å²) < 4.78 is 51.8. The molecule has 1 N–H and O–H groups in total. The monoisotopic (exact) mass is 294 g/mol. The second kappa shape index (κ2) is 6.69. The molecule has 0 atom stereocenters. The molecule has 0 amide bonds. The van der Waals surface area contributed by atoms with Crippen molar-refractivity contribution in [3.8, 4) is 0 Å². The SMILES string of the molecule is Fc1ccc(N=CC=CNc2ccc(F)cc2F)c(F)c1. The third kappa shape index (κ3) is 4.17. The normalized spacial score (nSPS) is 11.4. The molecule has 2 aromatic rings. The van der Waals surface area contributed by atoms with Crippen LogP contribution in [0.4, 0.5) is 28.9 Å². The van der Waals surface area contributed by atoms with E-state index in [4.69, 9.17) is 0 Å². The molecule has 0 aliphatic rings. The lowest BCUT2D eigenvalue weighted by Gasteiger charge is -2.01. The number of hydrogen-bond donors (Lipinski definition) is 1. The first-order chi connectivity index (χ1) is 10.1. The van der Waals surface area contributed by atoms with Gasteiger partial charge in [-0.25, -0.2) is 17.6 Å². The average Bonchev–Trinajstić information content (AvgIpc) is 2.42. The Bertz CT molecular complexity index is 696. The summed E-state index contributed by atoms with van der Waals surface area (Å²) in [4.78, 5) is 3.77. The van der Waals surface area contributed by atoms with Crippen molar-refractivity contribution >= 4 is 17.6 Å². The molecule has 0 aromatic heterocycles. The predicted molar refractivity (Wildman–Crippen MR) is 73.6 cm³/mol. The van der Waals surface area contributed by atoms with E-state index in [2.05, 4.69) is 10.3 Å². The largest absolute Gasteiger partial charge is 0.359 e. The standard InChI is InChI=1S/C15H10F4N2/c16-10-2-4-14(12(18)8-10)20-6-1-7-21-15-5-3-11(17)9-13(15)19/h1-9,20H. The van der Waals surface area contributed by atoms with Crippen molar-refractivity contribution in [3.05, 3.63) is 71.9 Å². The van der Waals surface area contributed by atoms with Crippen molar-refractivity contribution in [2.45, 2.75) is 0 Å². The molecule has 2 rings (SSSR count). The van der Waals surface area contributed by atoms with Gasteiger partial charge in [-0.05, 0) is 30.3 Å². The van der Waals surface area contributed by atoms with Crippen molar-refractivity contribution in [3.63, 3.8) is 0 Å². The summed E-state index contributed by atoms with van der Waals surface area (Å²) in [6.07, 6.45) is 4.00. The van der Waals surface area contributed by atoms with E-state index in [1.165, 1.54) is 30.6 Å². The maximum atomic E-state index is 13.3. The Labute approximate surface area is 118 Å². The molecule has 6 heteroatoms. The zero-order chi connectivity index (χ0) is 15.2. The molecule has 21 heavy (non-hydrogen) atoms. The summed E-state index contributed by atoms with van der Waals surface area (Å²) in [5.41, 5.74) is 0.0722. The Hall–Kier alpha value is -2.63. The second-order valence-corrected chi connectivity index (χ2v) is 4.00. The summed E-state index contributed by atoms with van der Waals surface area (Å²) in [6, 6.07) is 6.11. The Morgan fingerprint density at radius 1 is 0.857 bits per heavy atom. The fourth-order valence-electron chi connectivity index (χ4n) is 1.50. The fraction of sp³-hybridized carbons (Fsp3) is 0. The van der Waals surface area contributed by atoms with Gasteiger partial charge in [-0.3, -0.25) is 4.99 Å². The molecule has 0 bridgehead atoms. The zero-order valence-corrected chi connectivity index (χ0v) is 10.7. The number of anilines is 1. The van der Waals surface area contributed by atoms with E-state index in [0.29, 0.717) is 0 Å². The summed E-state index contributed by atoms with van der Waals surface area (Å²) in [5.74, 6) is -2.87. The second-order valence-electron chi connectivity index (χ2n) is 4.00. The van der Waals surface area contributed by atoms with Crippen LogP contribution in [0.2, 0.25) is 0 Å². The van der Waals surface area contributed by atoms with Gasteiger partial charge in [-0.1, -0.05) is 0 Å². The highest BCUT2D eigenvalue weighted by atomic mass is 19.1. The van der Waals surface area contributed by atoms with Crippen LogP contribution < -0.4 is 5.32 Å². The van der Waals surface area contributed by atoms with Crippen LogP contribution in [-0.4, -0.2) is 6.21 Å². The summed E-state index contributed by atoms with van der Waals surface area (Å²) in [5, 5.41) is 2.58. The first kappa shape index (κ1) is 14.8. The third-order valence-corrected chi connectivity index (χ3v) is 2.48. The summed E-state index contributed by atoms with van der Waals surface area (Å²) in [6.45, 7) is 0. The molecule has 0 spiro atoms. The number of hydrogen-bond acceptors (Lipinski definition) is 2. The minimum Gasteiger partial charge on any atom is -0.359 e. The minimum absolute atomic E-state index is 0.0194. The molecule has 0 aliphatic carbocycles. The van der Waals surface area contributed by atoms with E-state index < -0.39 is 23.3 Å². The smallest absolute Gasteiger partial charge is 0.151 e. The van der Waals surface area contributed by atoms with E-state index in [0.717, 1.165) is 24.3 Å². The Kier molecular flexibility index (Phi) is 4.71. The molecule has 0 aliphatic heterocycles. The third-order valence-electron chi connectivity index (χ3n) is 2.48. The van der Waals surface area contributed by atoms with E-state index in [-0.39, 0.29) is 11.4 Å². The number of nitrogens with one attached hydrogen (secondary N) is 1. The van der Waals surface area contributed by atoms with Gasteiger partial charge in [0.15, 0.2) is 5.82 Å².